The number of carbonyl (C=O) groups is 1. The van der Waals surface area contributed by atoms with Crippen molar-refractivity contribution in [2.24, 2.45) is 0 Å². The minimum absolute atomic E-state index is 0.254. The molecule has 1 aromatic heterocycles. The first-order valence-electron chi connectivity index (χ1n) is 6.87. The summed E-state index contributed by atoms with van der Waals surface area (Å²) in [5.74, 6) is -0.174. The molecule has 1 amide bonds. The van der Waals surface area contributed by atoms with Crippen LogP contribution in [-0.4, -0.2) is 23.3 Å². The van der Waals surface area contributed by atoms with Crippen LogP contribution in [0.5, 0.6) is 0 Å². The van der Waals surface area contributed by atoms with Crippen molar-refractivity contribution in [3.63, 3.8) is 0 Å². The molecule has 2 N–H and O–H groups in total. The molecule has 0 saturated carbocycles. The summed E-state index contributed by atoms with van der Waals surface area (Å²) in [5, 5.41) is 12.8. The average molecular weight is 323 g/mol. The van der Waals surface area contributed by atoms with Crippen molar-refractivity contribution in [3.8, 4) is 0 Å². The second-order valence-corrected chi connectivity index (χ2v) is 5.84. The fourth-order valence-corrected chi connectivity index (χ4v) is 2.61. The van der Waals surface area contributed by atoms with Gasteiger partial charge in [0, 0.05) is 22.9 Å². The Kier molecular flexibility index (Phi) is 5.63. The maximum atomic E-state index is 13.4. The van der Waals surface area contributed by atoms with Crippen molar-refractivity contribution >= 4 is 17.7 Å². The topological polar surface area (TPSA) is 62.5 Å². The lowest BCUT2D eigenvalue weighted by atomic mass is 10.1. The van der Waals surface area contributed by atoms with Gasteiger partial charge in [-0.2, -0.15) is 0 Å². The third-order valence-electron chi connectivity index (χ3n) is 3.24. The molecule has 4 nitrogen and oxygen atoms in total. The number of hydrogen-bond acceptors (Lipinski definition) is 4. The molecule has 6 heteroatoms. The van der Waals surface area contributed by atoms with Gasteiger partial charge in [-0.15, -0.1) is 11.8 Å². The van der Waals surface area contributed by atoms with Gasteiger partial charge in [-0.3, -0.25) is 4.79 Å². The van der Waals surface area contributed by atoms with Crippen LogP contribution in [0, 0.1) is 5.82 Å². The standard InChI is InChI=1S/C16H18FNO3S/c1-10(8-13(19)14-4-3-7-21-14)18-16(20)11-5-6-12(17)15(9-11)22-2/h3-7,9-10,13,19H,8H2,1-2H3,(H,18,20). The molecule has 0 radical (unpaired) electrons. The largest absolute Gasteiger partial charge is 0.467 e. The van der Waals surface area contributed by atoms with E-state index in [0.29, 0.717) is 22.6 Å². The molecule has 2 rings (SSSR count). The van der Waals surface area contributed by atoms with Gasteiger partial charge in [0.15, 0.2) is 0 Å². The lowest BCUT2D eigenvalue weighted by molar-refractivity contribution is 0.0903. The summed E-state index contributed by atoms with van der Waals surface area (Å²) in [5.41, 5.74) is 0.394. The summed E-state index contributed by atoms with van der Waals surface area (Å²) < 4.78 is 18.6. The van der Waals surface area contributed by atoms with Gasteiger partial charge in [0.1, 0.15) is 17.7 Å². The first kappa shape index (κ1) is 16.6. The minimum Gasteiger partial charge on any atom is -0.467 e. The third-order valence-corrected chi connectivity index (χ3v) is 3.99. The van der Waals surface area contributed by atoms with E-state index in [1.165, 1.54) is 36.2 Å². The molecule has 0 aliphatic rings. The fraction of sp³-hybridized carbons (Fsp3) is 0.312. The van der Waals surface area contributed by atoms with Crippen molar-refractivity contribution in [1.82, 2.24) is 5.32 Å². The average Bonchev–Trinajstić information content (AvgIpc) is 3.01. The molecule has 0 fully saturated rings. The lowest BCUT2D eigenvalue weighted by Gasteiger charge is -2.17. The molecule has 2 aromatic rings. The highest BCUT2D eigenvalue weighted by Gasteiger charge is 2.17. The van der Waals surface area contributed by atoms with E-state index in [4.69, 9.17) is 4.42 Å². The van der Waals surface area contributed by atoms with Crippen LogP contribution in [0.15, 0.2) is 45.9 Å². The monoisotopic (exact) mass is 323 g/mol. The zero-order valence-electron chi connectivity index (χ0n) is 12.4. The van der Waals surface area contributed by atoms with Gasteiger partial charge in [0.25, 0.3) is 5.91 Å². The zero-order valence-corrected chi connectivity index (χ0v) is 13.2. The van der Waals surface area contributed by atoms with Gasteiger partial charge in [0.2, 0.25) is 0 Å². The number of halogens is 1. The third kappa shape index (κ3) is 4.11. The van der Waals surface area contributed by atoms with Gasteiger partial charge in [-0.05, 0) is 43.5 Å². The fourth-order valence-electron chi connectivity index (χ4n) is 2.10. The molecular formula is C16H18FNO3S. The minimum atomic E-state index is -0.778. The Morgan fingerprint density at radius 2 is 2.23 bits per heavy atom. The second kappa shape index (κ2) is 7.47. The number of carbonyl (C=O) groups excluding carboxylic acids is 1. The number of aliphatic hydroxyl groups is 1. The van der Waals surface area contributed by atoms with Crippen molar-refractivity contribution in [3.05, 3.63) is 53.7 Å². The number of rotatable bonds is 6. The summed E-state index contributed by atoms with van der Waals surface area (Å²) in [4.78, 5) is 12.6. The number of hydrogen-bond donors (Lipinski definition) is 2. The molecule has 0 bridgehead atoms. The van der Waals surface area contributed by atoms with E-state index >= 15 is 0 Å². The Morgan fingerprint density at radius 1 is 1.45 bits per heavy atom. The number of amides is 1. The van der Waals surface area contributed by atoms with Crippen LogP contribution in [0.3, 0.4) is 0 Å². The Hall–Kier alpha value is -1.79. The molecule has 2 atom stereocenters. The number of benzene rings is 1. The number of thioether (sulfide) groups is 1. The Morgan fingerprint density at radius 3 is 2.86 bits per heavy atom. The van der Waals surface area contributed by atoms with E-state index in [2.05, 4.69) is 5.32 Å². The van der Waals surface area contributed by atoms with Gasteiger partial charge in [-0.25, -0.2) is 4.39 Å². The zero-order chi connectivity index (χ0) is 16.1. The molecule has 0 aliphatic heterocycles. The van der Waals surface area contributed by atoms with Crippen LogP contribution in [0.25, 0.3) is 0 Å². The highest BCUT2D eigenvalue weighted by molar-refractivity contribution is 7.98. The van der Waals surface area contributed by atoms with Crippen LogP contribution in [-0.2, 0) is 0 Å². The molecule has 0 spiro atoms. The van der Waals surface area contributed by atoms with E-state index in [0.717, 1.165) is 0 Å². The van der Waals surface area contributed by atoms with E-state index < -0.39 is 6.10 Å². The quantitative estimate of drug-likeness (QED) is 0.800. The number of aliphatic hydroxyl groups excluding tert-OH is 1. The van der Waals surface area contributed by atoms with Crippen molar-refractivity contribution < 1.29 is 18.7 Å². The molecular weight excluding hydrogens is 305 g/mol. The summed E-state index contributed by atoms with van der Waals surface area (Å²) in [6.07, 6.45) is 2.79. The highest BCUT2D eigenvalue weighted by Crippen LogP contribution is 2.21. The van der Waals surface area contributed by atoms with Crippen molar-refractivity contribution in [2.75, 3.05) is 6.26 Å². The molecule has 2 unspecified atom stereocenters. The van der Waals surface area contributed by atoms with Crippen LogP contribution < -0.4 is 5.32 Å². The molecule has 118 valence electrons. The Labute approximate surface area is 132 Å². The smallest absolute Gasteiger partial charge is 0.251 e. The Balaban J connectivity index is 1.96. The predicted molar refractivity (Wildman–Crippen MR) is 83.4 cm³/mol. The van der Waals surface area contributed by atoms with Gasteiger partial charge >= 0.3 is 0 Å². The maximum absolute atomic E-state index is 13.4. The predicted octanol–water partition coefficient (Wildman–Crippen LogP) is 3.38. The van der Waals surface area contributed by atoms with Crippen LogP contribution in [0.4, 0.5) is 4.39 Å². The number of nitrogens with one attached hydrogen (secondary N) is 1. The van der Waals surface area contributed by atoms with Crippen molar-refractivity contribution in [1.29, 1.82) is 0 Å². The van der Waals surface area contributed by atoms with E-state index in [9.17, 15) is 14.3 Å². The summed E-state index contributed by atoms with van der Waals surface area (Å²) >= 11 is 1.25. The number of furan rings is 1. The normalized spacial score (nSPS) is 13.6. The highest BCUT2D eigenvalue weighted by atomic mass is 32.2. The van der Waals surface area contributed by atoms with Crippen LogP contribution in [0.2, 0.25) is 0 Å². The second-order valence-electron chi connectivity index (χ2n) is 4.99. The molecule has 0 aliphatic carbocycles. The van der Waals surface area contributed by atoms with E-state index in [1.54, 1.807) is 25.3 Å². The van der Waals surface area contributed by atoms with E-state index in [-0.39, 0.29) is 17.8 Å². The first-order chi connectivity index (χ1) is 10.5. The molecule has 0 saturated heterocycles. The molecule has 1 aromatic carbocycles. The molecule has 1 heterocycles. The van der Waals surface area contributed by atoms with E-state index in [1.807, 2.05) is 0 Å². The lowest BCUT2D eigenvalue weighted by Crippen LogP contribution is -2.33. The first-order valence-corrected chi connectivity index (χ1v) is 8.09. The van der Waals surface area contributed by atoms with Crippen LogP contribution >= 0.6 is 11.8 Å². The Bertz CT molecular complexity index is 630. The van der Waals surface area contributed by atoms with Crippen LogP contribution in [0.1, 0.15) is 35.6 Å². The van der Waals surface area contributed by atoms with Gasteiger partial charge < -0.3 is 14.8 Å². The summed E-state index contributed by atoms with van der Waals surface area (Å²) in [6, 6.07) is 7.37. The summed E-state index contributed by atoms with van der Waals surface area (Å²) in [7, 11) is 0. The summed E-state index contributed by atoms with van der Waals surface area (Å²) in [6.45, 7) is 1.79. The van der Waals surface area contributed by atoms with Gasteiger partial charge in [0.05, 0.1) is 6.26 Å². The van der Waals surface area contributed by atoms with Crippen molar-refractivity contribution in [2.45, 2.75) is 30.4 Å². The maximum Gasteiger partial charge on any atom is 0.251 e. The SMILES string of the molecule is CSc1cc(C(=O)NC(C)CC(O)c2ccco2)ccc1F. The molecule has 22 heavy (non-hydrogen) atoms. The van der Waals surface area contributed by atoms with Gasteiger partial charge in [-0.1, -0.05) is 0 Å².